The molecule has 2 heterocycles. The van der Waals surface area contributed by atoms with Crippen molar-refractivity contribution in [3.05, 3.63) is 35.2 Å². The number of benzene rings is 1. The highest BCUT2D eigenvalue weighted by molar-refractivity contribution is 5.51. The first-order chi connectivity index (χ1) is 9.26. The molecule has 0 atom stereocenters. The Bertz CT molecular complexity index is 594. The fourth-order valence-corrected chi connectivity index (χ4v) is 1.89. The third-order valence-corrected chi connectivity index (χ3v) is 2.82. The van der Waals surface area contributed by atoms with Crippen molar-refractivity contribution < 1.29 is 18.7 Å². The summed E-state index contributed by atoms with van der Waals surface area (Å²) >= 11 is 0. The molecular weight excluding hydrogens is 248 g/mol. The smallest absolute Gasteiger partial charge is 0.231 e. The lowest BCUT2D eigenvalue weighted by atomic mass is 10.2. The molecule has 2 aromatic rings. The molecule has 0 unspecified atom stereocenters. The van der Waals surface area contributed by atoms with Crippen LogP contribution in [0.2, 0.25) is 0 Å². The molecule has 6 heteroatoms. The quantitative estimate of drug-likeness (QED) is 0.904. The van der Waals surface area contributed by atoms with E-state index < -0.39 is 0 Å². The van der Waals surface area contributed by atoms with Gasteiger partial charge in [0, 0.05) is 24.2 Å². The van der Waals surface area contributed by atoms with Crippen LogP contribution in [0.5, 0.6) is 17.2 Å². The van der Waals surface area contributed by atoms with Gasteiger partial charge >= 0.3 is 0 Å². The zero-order chi connectivity index (χ0) is 13.2. The highest BCUT2D eigenvalue weighted by Crippen LogP contribution is 2.38. The molecule has 0 amide bonds. The van der Waals surface area contributed by atoms with Gasteiger partial charge in [-0.1, -0.05) is 5.16 Å². The summed E-state index contributed by atoms with van der Waals surface area (Å²) in [5, 5.41) is 3.80. The number of hydrogen-bond donors (Lipinski definition) is 1. The van der Waals surface area contributed by atoms with Crippen LogP contribution >= 0.6 is 0 Å². The van der Waals surface area contributed by atoms with Crippen LogP contribution < -0.4 is 19.9 Å². The second-order valence-corrected chi connectivity index (χ2v) is 4.24. The molecule has 0 aliphatic carbocycles. The number of aromatic nitrogens is 1. The Morgan fingerprint density at radius 2 is 2.05 bits per heavy atom. The second kappa shape index (κ2) is 4.81. The number of ether oxygens (including phenoxy) is 3. The SMILES string of the molecule is Cc1cc(COc2cc3c(cc2CN)OCO3)on1. The minimum Gasteiger partial charge on any atom is -0.485 e. The molecular formula is C13H14N2O4. The van der Waals surface area contributed by atoms with Crippen LogP contribution in [0.15, 0.2) is 22.7 Å². The molecule has 0 radical (unpaired) electrons. The van der Waals surface area contributed by atoms with Crippen LogP contribution in [-0.4, -0.2) is 11.9 Å². The van der Waals surface area contributed by atoms with E-state index in [1.807, 2.05) is 19.1 Å². The lowest BCUT2D eigenvalue weighted by Crippen LogP contribution is -2.02. The first kappa shape index (κ1) is 11.9. The molecule has 2 N–H and O–H groups in total. The molecule has 19 heavy (non-hydrogen) atoms. The Kier molecular flexibility index (Phi) is 3.00. The highest BCUT2D eigenvalue weighted by Gasteiger charge is 2.17. The van der Waals surface area contributed by atoms with Gasteiger partial charge in [0.2, 0.25) is 6.79 Å². The van der Waals surface area contributed by atoms with Gasteiger partial charge in [-0.2, -0.15) is 0 Å². The van der Waals surface area contributed by atoms with Crippen LogP contribution in [-0.2, 0) is 13.2 Å². The first-order valence-corrected chi connectivity index (χ1v) is 5.94. The number of nitrogens with two attached hydrogens (primary N) is 1. The average molecular weight is 262 g/mol. The van der Waals surface area contributed by atoms with E-state index in [0.29, 0.717) is 36.2 Å². The van der Waals surface area contributed by atoms with Gasteiger partial charge in [0.05, 0.1) is 5.69 Å². The van der Waals surface area contributed by atoms with Crippen molar-refractivity contribution in [2.24, 2.45) is 5.73 Å². The molecule has 1 aromatic heterocycles. The molecule has 6 nitrogen and oxygen atoms in total. The van der Waals surface area contributed by atoms with Crippen LogP contribution in [0, 0.1) is 6.92 Å². The Morgan fingerprint density at radius 3 is 2.74 bits per heavy atom. The summed E-state index contributed by atoms with van der Waals surface area (Å²) in [5.41, 5.74) is 7.39. The summed E-state index contributed by atoms with van der Waals surface area (Å²) in [5.74, 6) is 2.70. The molecule has 3 rings (SSSR count). The van der Waals surface area contributed by atoms with Gasteiger partial charge in [0.15, 0.2) is 17.3 Å². The van der Waals surface area contributed by atoms with Crippen molar-refractivity contribution >= 4 is 0 Å². The Balaban J connectivity index is 1.80. The monoisotopic (exact) mass is 262 g/mol. The van der Waals surface area contributed by atoms with Crippen LogP contribution in [0.4, 0.5) is 0 Å². The summed E-state index contributed by atoms with van der Waals surface area (Å²) in [6, 6.07) is 5.45. The van der Waals surface area contributed by atoms with E-state index in [0.717, 1.165) is 11.3 Å². The highest BCUT2D eigenvalue weighted by atomic mass is 16.7. The number of aryl methyl sites for hydroxylation is 1. The van der Waals surface area contributed by atoms with Gasteiger partial charge in [-0.15, -0.1) is 0 Å². The predicted octanol–water partition coefficient (Wildman–Crippen LogP) is 1.75. The van der Waals surface area contributed by atoms with Gasteiger partial charge in [-0.05, 0) is 13.0 Å². The minimum absolute atomic E-state index is 0.226. The van der Waals surface area contributed by atoms with E-state index in [1.165, 1.54) is 0 Å². The summed E-state index contributed by atoms with van der Waals surface area (Å²) in [4.78, 5) is 0. The maximum atomic E-state index is 5.71. The topological polar surface area (TPSA) is 79.7 Å². The lowest BCUT2D eigenvalue weighted by molar-refractivity contribution is 0.173. The third-order valence-electron chi connectivity index (χ3n) is 2.82. The van der Waals surface area contributed by atoms with Gasteiger partial charge in [-0.3, -0.25) is 0 Å². The van der Waals surface area contributed by atoms with Gasteiger partial charge in [0.25, 0.3) is 0 Å². The van der Waals surface area contributed by atoms with Crippen molar-refractivity contribution in [2.75, 3.05) is 6.79 Å². The molecule has 0 bridgehead atoms. The molecule has 100 valence electrons. The number of nitrogens with zero attached hydrogens (tertiary/aromatic N) is 1. The number of rotatable bonds is 4. The predicted molar refractivity (Wildman–Crippen MR) is 66.0 cm³/mol. The standard InChI is InChI=1S/C13H14N2O4/c1-8-2-10(19-15-8)6-16-11-4-13-12(17-7-18-13)3-9(11)5-14/h2-4H,5-7,14H2,1H3. The normalized spacial score (nSPS) is 12.7. The second-order valence-electron chi connectivity index (χ2n) is 4.24. The summed E-state index contributed by atoms with van der Waals surface area (Å²) in [6.45, 7) is 2.75. The third kappa shape index (κ3) is 2.34. The van der Waals surface area contributed by atoms with E-state index in [2.05, 4.69) is 5.16 Å². The maximum absolute atomic E-state index is 5.71. The van der Waals surface area contributed by atoms with Gasteiger partial charge in [-0.25, -0.2) is 0 Å². The summed E-state index contributed by atoms with van der Waals surface area (Å²) < 4.78 is 21.4. The van der Waals surface area contributed by atoms with Crippen molar-refractivity contribution in [1.29, 1.82) is 0 Å². The largest absolute Gasteiger partial charge is 0.485 e. The van der Waals surface area contributed by atoms with Crippen molar-refractivity contribution in [2.45, 2.75) is 20.1 Å². The van der Waals surface area contributed by atoms with Crippen molar-refractivity contribution in [3.8, 4) is 17.2 Å². The molecule has 1 aromatic carbocycles. The van der Waals surface area contributed by atoms with E-state index in [-0.39, 0.29) is 6.79 Å². The molecule has 0 fully saturated rings. The Morgan fingerprint density at radius 1 is 1.26 bits per heavy atom. The fraction of sp³-hybridized carbons (Fsp3) is 0.308. The molecule has 1 aliphatic heterocycles. The van der Waals surface area contributed by atoms with Gasteiger partial charge < -0.3 is 24.5 Å². The Labute approximate surface area is 110 Å². The zero-order valence-corrected chi connectivity index (χ0v) is 10.5. The maximum Gasteiger partial charge on any atom is 0.231 e. The van der Waals surface area contributed by atoms with E-state index in [1.54, 1.807) is 6.07 Å². The molecule has 0 spiro atoms. The number of fused-ring (bicyclic) bond motifs is 1. The molecule has 0 saturated carbocycles. The van der Waals surface area contributed by atoms with Crippen LogP contribution in [0.1, 0.15) is 17.0 Å². The van der Waals surface area contributed by atoms with Crippen molar-refractivity contribution in [3.63, 3.8) is 0 Å². The average Bonchev–Trinajstić information content (AvgIpc) is 3.03. The van der Waals surface area contributed by atoms with E-state index >= 15 is 0 Å². The zero-order valence-electron chi connectivity index (χ0n) is 10.5. The Hall–Kier alpha value is -2.21. The summed E-state index contributed by atoms with van der Waals surface area (Å²) in [7, 11) is 0. The molecule has 1 aliphatic rings. The lowest BCUT2D eigenvalue weighted by Gasteiger charge is -2.10. The molecule has 0 saturated heterocycles. The fourth-order valence-electron chi connectivity index (χ4n) is 1.89. The summed E-state index contributed by atoms with van der Waals surface area (Å²) in [6.07, 6.45) is 0. The van der Waals surface area contributed by atoms with Gasteiger partial charge in [0.1, 0.15) is 12.4 Å². The van der Waals surface area contributed by atoms with Crippen LogP contribution in [0.3, 0.4) is 0 Å². The minimum atomic E-state index is 0.226. The van der Waals surface area contributed by atoms with Crippen LogP contribution in [0.25, 0.3) is 0 Å². The van der Waals surface area contributed by atoms with E-state index in [9.17, 15) is 0 Å². The number of hydrogen-bond acceptors (Lipinski definition) is 6. The van der Waals surface area contributed by atoms with Crippen molar-refractivity contribution in [1.82, 2.24) is 5.16 Å². The van der Waals surface area contributed by atoms with E-state index in [4.69, 9.17) is 24.5 Å². The first-order valence-electron chi connectivity index (χ1n) is 5.94.